The maximum absolute atomic E-state index is 13.4. The molecule has 2 fully saturated rings. The Labute approximate surface area is 183 Å². The molecule has 2 heterocycles. The first-order chi connectivity index (χ1) is 14.8. The standard InChI is InChI=1S/C22H24ClF2N3O3/c23-14-10-12-11-15(19(29)26-13-4-8-22(24,25)9-5-13)31-18(12)16-17(14)27-20(30)28-21(16)6-2-1-3-7-21/h10-11,13H,1-9H2,(H,26,29)(H2,27,28,30). The number of fused-ring (bicyclic) bond motifs is 4. The highest BCUT2D eigenvalue weighted by atomic mass is 35.5. The minimum absolute atomic E-state index is 0.111. The average molecular weight is 452 g/mol. The molecule has 6 nitrogen and oxygen atoms in total. The van der Waals surface area contributed by atoms with Gasteiger partial charge < -0.3 is 20.4 Å². The molecule has 3 aliphatic rings. The number of carbonyl (C=O) groups excluding carboxylic acids is 2. The minimum atomic E-state index is -2.65. The van der Waals surface area contributed by atoms with Gasteiger partial charge in [0.25, 0.3) is 5.91 Å². The lowest BCUT2D eigenvalue weighted by molar-refractivity contribution is -0.0399. The minimum Gasteiger partial charge on any atom is -0.450 e. The first-order valence-electron chi connectivity index (χ1n) is 10.8. The maximum Gasteiger partial charge on any atom is 0.319 e. The van der Waals surface area contributed by atoms with Crippen LogP contribution >= 0.6 is 11.6 Å². The Bertz CT molecular complexity index is 1050. The number of benzene rings is 1. The molecule has 0 radical (unpaired) electrons. The summed E-state index contributed by atoms with van der Waals surface area (Å²) in [6, 6.07) is 2.71. The van der Waals surface area contributed by atoms with Gasteiger partial charge in [0.2, 0.25) is 5.92 Å². The molecule has 0 saturated heterocycles. The van der Waals surface area contributed by atoms with E-state index in [4.69, 9.17) is 16.0 Å². The number of nitrogens with one attached hydrogen (secondary N) is 3. The van der Waals surface area contributed by atoms with E-state index in [0.717, 1.165) is 37.7 Å². The van der Waals surface area contributed by atoms with Crippen LogP contribution in [0, 0.1) is 0 Å². The average Bonchev–Trinajstić information content (AvgIpc) is 3.14. The van der Waals surface area contributed by atoms with Crippen LogP contribution in [0.4, 0.5) is 19.3 Å². The van der Waals surface area contributed by atoms with Crippen molar-refractivity contribution in [2.24, 2.45) is 0 Å². The summed E-state index contributed by atoms with van der Waals surface area (Å²) in [6.07, 6.45) is 4.57. The van der Waals surface area contributed by atoms with Gasteiger partial charge in [-0.05, 0) is 37.8 Å². The number of rotatable bonds is 2. The molecule has 3 amide bonds. The fourth-order valence-corrected chi connectivity index (χ4v) is 5.50. The fourth-order valence-electron chi connectivity index (χ4n) is 5.24. The van der Waals surface area contributed by atoms with E-state index >= 15 is 0 Å². The number of carbonyl (C=O) groups is 2. The van der Waals surface area contributed by atoms with E-state index in [9.17, 15) is 18.4 Å². The van der Waals surface area contributed by atoms with Crippen molar-refractivity contribution >= 4 is 40.2 Å². The van der Waals surface area contributed by atoms with Gasteiger partial charge in [-0.2, -0.15) is 0 Å². The van der Waals surface area contributed by atoms with Crippen molar-refractivity contribution in [3.8, 4) is 0 Å². The maximum atomic E-state index is 13.4. The topological polar surface area (TPSA) is 83.4 Å². The zero-order chi connectivity index (χ0) is 21.8. The van der Waals surface area contributed by atoms with Crippen molar-refractivity contribution in [1.82, 2.24) is 10.6 Å². The molecule has 3 N–H and O–H groups in total. The highest BCUT2D eigenvalue weighted by Gasteiger charge is 2.44. The Morgan fingerprint density at radius 1 is 1.13 bits per heavy atom. The van der Waals surface area contributed by atoms with Gasteiger partial charge in [-0.15, -0.1) is 0 Å². The van der Waals surface area contributed by atoms with Crippen LogP contribution in [0.2, 0.25) is 5.02 Å². The number of halogens is 3. The first kappa shape index (κ1) is 20.5. The summed E-state index contributed by atoms with van der Waals surface area (Å²) < 4.78 is 32.8. The van der Waals surface area contributed by atoms with Crippen LogP contribution in [0.3, 0.4) is 0 Å². The lowest BCUT2D eigenvalue weighted by atomic mass is 9.74. The van der Waals surface area contributed by atoms with Gasteiger partial charge in [0.05, 0.1) is 16.2 Å². The SMILES string of the molecule is O=C1Nc2c(Cl)cc3cc(C(=O)NC4CCC(F)(F)CC4)oc3c2C2(CCCCC2)N1. The van der Waals surface area contributed by atoms with Crippen LogP contribution in [0.5, 0.6) is 0 Å². The molecule has 0 bridgehead atoms. The Morgan fingerprint density at radius 3 is 2.55 bits per heavy atom. The highest BCUT2D eigenvalue weighted by molar-refractivity contribution is 6.35. The molecule has 166 valence electrons. The third-order valence-electron chi connectivity index (χ3n) is 6.81. The predicted octanol–water partition coefficient (Wildman–Crippen LogP) is 5.69. The Hall–Kier alpha value is -2.35. The van der Waals surface area contributed by atoms with E-state index < -0.39 is 17.4 Å². The third kappa shape index (κ3) is 3.64. The van der Waals surface area contributed by atoms with Gasteiger partial charge in [-0.3, -0.25) is 4.79 Å². The quantitative estimate of drug-likeness (QED) is 0.548. The smallest absolute Gasteiger partial charge is 0.319 e. The molecule has 1 aromatic carbocycles. The molecule has 0 unspecified atom stereocenters. The Balaban J connectivity index is 1.50. The Kier molecular flexibility index (Phi) is 4.88. The fraction of sp³-hybridized carbons (Fsp3) is 0.545. The molecule has 0 atom stereocenters. The van der Waals surface area contributed by atoms with Crippen molar-refractivity contribution in [2.75, 3.05) is 5.32 Å². The van der Waals surface area contributed by atoms with Gasteiger partial charge in [-0.25, -0.2) is 13.6 Å². The summed E-state index contributed by atoms with van der Waals surface area (Å²) in [6.45, 7) is 0. The van der Waals surface area contributed by atoms with Crippen molar-refractivity contribution in [3.05, 3.63) is 28.5 Å². The van der Waals surface area contributed by atoms with Crippen molar-refractivity contribution in [3.63, 3.8) is 0 Å². The molecular formula is C22H24ClF2N3O3. The molecule has 2 aliphatic carbocycles. The lowest BCUT2D eigenvalue weighted by Gasteiger charge is -2.42. The second kappa shape index (κ2) is 7.36. The van der Waals surface area contributed by atoms with Crippen molar-refractivity contribution in [2.45, 2.75) is 75.3 Å². The zero-order valence-corrected chi connectivity index (χ0v) is 17.7. The number of anilines is 1. The Morgan fingerprint density at radius 2 is 1.84 bits per heavy atom. The van der Waals surface area contributed by atoms with Gasteiger partial charge in [-0.1, -0.05) is 30.9 Å². The van der Waals surface area contributed by atoms with Crippen LogP contribution in [0.15, 0.2) is 16.5 Å². The molecule has 1 aromatic heterocycles. The monoisotopic (exact) mass is 451 g/mol. The van der Waals surface area contributed by atoms with E-state index in [0.29, 0.717) is 21.7 Å². The number of alkyl halides is 2. The van der Waals surface area contributed by atoms with Gasteiger partial charge in [0.1, 0.15) is 5.58 Å². The van der Waals surface area contributed by atoms with Crippen molar-refractivity contribution < 1.29 is 22.8 Å². The first-order valence-corrected chi connectivity index (χ1v) is 11.2. The third-order valence-corrected chi connectivity index (χ3v) is 7.11. The lowest BCUT2D eigenvalue weighted by Crippen LogP contribution is -2.52. The van der Waals surface area contributed by atoms with Crippen LogP contribution < -0.4 is 16.0 Å². The number of amides is 3. The van der Waals surface area contributed by atoms with Crippen LogP contribution in [-0.4, -0.2) is 23.9 Å². The number of hydrogen-bond donors (Lipinski definition) is 3. The number of furan rings is 1. The highest BCUT2D eigenvalue weighted by Crippen LogP contribution is 2.49. The van der Waals surface area contributed by atoms with Crippen LogP contribution in [0.1, 0.15) is 73.9 Å². The van der Waals surface area contributed by atoms with Crippen LogP contribution in [-0.2, 0) is 5.54 Å². The van der Waals surface area contributed by atoms with Gasteiger partial charge in [0, 0.05) is 29.8 Å². The largest absolute Gasteiger partial charge is 0.450 e. The van der Waals surface area contributed by atoms with E-state index in [2.05, 4.69) is 16.0 Å². The summed E-state index contributed by atoms with van der Waals surface area (Å²) in [4.78, 5) is 25.1. The van der Waals surface area contributed by atoms with Gasteiger partial charge >= 0.3 is 6.03 Å². The second-order valence-corrected chi connectivity index (χ2v) is 9.37. The number of hydrogen-bond acceptors (Lipinski definition) is 3. The zero-order valence-electron chi connectivity index (χ0n) is 17.0. The van der Waals surface area contributed by atoms with E-state index in [1.54, 1.807) is 12.1 Å². The van der Waals surface area contributed by atoms with E-state index in [1.807, 2.05) is 0 Å². The summed E-state index contributed by atoms with van der Waals surface area (Å²) in [5.74, 6) is -2.97. The van der Waals surface area contributed by atoms with E-state index in [-0.39, 0.29) is 43.5 Å². The summed E-state index contributed by atoms with van der Waals surface area (Å²) in [5.41, 5.74) is 1.25. The molecule has 1 spiro atoms. The van der Waals surface area contributed by atoms with Crippen molar-refractivity contribution in [1.29, 1.82) is 0 Å². The molecule has 9 heteroatoms. The normalized spacial score (nSPS) is 22.6. The summed E-state index contributed by atoms with van der Waals surface area (Å²) in [7, 11) is 0. The number of urea groups is 1. The van der Waals surface area contributed by atoms with Gasteiger partial charge in [0.15, 0.2) is 5.76 Å². The summed E-state index contributed by atoms with van der Waals surface area (Å²) in [5, 5.41) is 9.76. The molecular weight excluding hydrogens is 428 g/mol. The summed E-state index contributed by atoms with van der Waals surface area (Å²) >= 11 is 6.50. The molecule has 2 saturated carbocycles. The molecule has 1 aliphatic heterocycles. The van der Waals surface area contributed by atoms with Crippen LogP contribution in [0.25, 0.3) is 11.0 Å². The second-order valence-electron chi connectivity index (χ2n) is 8.96. The molecule has 31 heavy (non-hydrogen) atoms. The molecule has 2 aromatic rings. The van der Waals surface area contributed by atoms with E-state index in [1.165, 1.54) is 0 Å². The molecule has 5 rings (SSSR count). The predicted molar refractivity (Wildman–Crippen MR) is 113 cm³/mol.